The van der Waals surface area contributed by atoms with Gasteiger partial charge in [-0.05, 0) is 63.0 Å². The Kier molecular flexibility index (Phi) is 8.27. The lowest BCUT2D eigenvalue weighted by Crippen LogP contribution is -2.54. The summed E-state index contributed by atoms with van der Waals surface area (Å²) in [5.41, 5.74) is 2.85. The van der Waals surface area contributed by atoms with Crippen LogP contribution in [0.2, 0.25) is 0 Å². The summed E-state index contributed by atoms with van der Waals surface area (Å²) in [4.78, 5) is 28.5. The van der Waals surface area contributed by atoms with E-state index in [0.29, 0.717) is 38.0 Å². The number of ether oxygens (including phenoxy) is 2. The Balaban J connectivity index is 1.34. The maximum Gasteiger partial charge on any atom is 0.241 e. The maximum atomic E-state index is 13.5. The number of fused-ring (bicyclic) bond motifs is 1. The molecule has 2 saturated heterocycles. The predicted molar refractivity (Wildman–Crippen MR) is 127 cm³/mol. The third kappa shape index (κ3) is 5.22. The van der Waals surface area contributed by atoms with Gasteiger partial charge >= 0.3 is 0 Å². The van der Waals surface area contributed by atoms with E-state index in [1.54, 1.807) is 11.8 Å². The van der Waals surface area contributed by atoms with Crippen molar-refractivity contribution in [2.45, 2.75) is 76.0 Å². The largest absolute Gasteiger partial charge is 0.351 e. The molecule has 0 aromatic heterocycles. The zero-order valence-corrected chi connectivity index (χ0v) is 20.1. The summed E-state index contributed by atoms with van der Waals surface area (Å²) in [5.74, 6) is 1.40. The highest BCUT2D eigenvalue weighted by atomic mass is 32.2. The summed E-state index contributed by atoms with van der Waals surface area (Å²) in [6.07, 6.45) is 4.98. The number of thioether (sulfide) groups is 1. The quantitative estimate of drug-likeness (QED) is 0.541. The average molecular weight is 461 g/mol. The lowest BCUT2D eigenvalue weighted by Gasteiger charge is -2.33. The summed E-state index contributed by atoms with van der Waals surface area (Å²) in [5, 5.41) is 3.00. The first kappa shape index (κ1) is 23.7. The van der Waals surface area contributed by atoms with E-state index in [0.717, 1.165) is 32.1 Å². The molecule has 176 valence electrons. The topological polar surface area (TPSA) is 67.9 Å². The highest BCUT2D eigenvalue weighted by Gasteiger charge is 2.44. The first-order valence-corrected chi connectivity index (χ1v) is 13.1. The fraction of sp³-hybridized carbons (Fsp3) is 0.680. The van der Waals surface area contributed by atoms with E-state index < -0.39 is 12.3 Å². The van der Waals surface area contributed by atoms with E-state index >= 15 is 0 Å². The van der Waals surface area contributed by atoms with Crippen molar-refractivity contribution in [1.29, 1.82) is 0 Å². The molecule has 1 aromatic rings. The number of nitrogens with one attached hydrogen (secondary N) is 1. The number of hydrogen-bond acceptors (Lipinski definition) is 6. The second kappa shape index (κ2) is 11.1. The van der Waals surface area contributed by atoms with E-state index in [1.807, 2.05) is 18.7 Å². The minimum atomic E-state index is -0.447. The van der Waals surface area contributed by atoms with E-state index in [-0.39, 0.29) is 23.0 Å². The Morgan fingerprint density at radius 3 is 2.50 bits per heavy atom. The molecule has 1 unspecified atom stereocenters. The molecule has 0 saturated carbocycles. The number of nitrogens with zero attached hydrogens (tertiary/aromatic N) is 1. The van der Waals surface area contributed by atoms with Crippen molar-refractivity contribution >= 4 is 23.5 Å². The van der Waals surface area contributed by atoms with E-state index in [1.165, 1.54) is 11.1 Å². The maximum absolute atomic E-state index is 13.5. The van der Waals surface area contributed by atoms with Crippen LogP contribution >= 0.6 is 11.8 Å². The normalized spacial score (nSPS) is 25.6. The molecule has 1 amide bonds. The molecular weight excluding hydrogens is 424 g/mol. The standard InChI is InChI=1S/C25H36N2O4S/c1-3-30-25(31-4-2)20-10-7-13-27(20)24(29)22-23(32-16-26-22)21(28)12-11-17-14-18-8-5-6-9-19(18)15-17/h5-6,8-9,17,20,22-23,25-26H,3-4,7,10-16H2,1-2H3/t20-,22-,23?/m0/s1. The predicted octanol–water partition coefficient (Wildman–Crippen LogP) is 3.17. The van der Waals surface area contributed by atoms with Crippen molar-refractivity contribution in [2.75, 3.05) is 25.6 Å². The van der Waals surface area contributed by atoms with Gasteiger partial charge in [0.05, 0.1) is 11.3 Å². The third-order valence-electron chi connectivity index (χ3n) is 6.95. The lowest BCUT2D eigenvalue weighted by molar-refractivity contribution is -0.175. The van der Waals surface area contributed by atoms with Gasteiger partial charge in [0.25, 0.3) is 0 Å². The molecule has 2 aliphatic heterocycles. The van der Waals surface area contributed by atoms with Crippen molar-refractivity contribution in [3.05, 3.63) is 35.4 Å². The van der Waals surface area contributed by atoms with Gasteiger partial charge in [-0.15, -0.1) is 11.8 Å². The van der Waals surface area contributed by atoms with Gasteiger partial charge in [-0.1, -0.05) is 24.3 Å². The number of carbonyl (C=O) groups excluding carboxylic acids is 2. The molecule has 0 spiro atoms. The van der Waals surface area contributed by atoms with Crippen LogP contribution < -0.4 is 5.32 Å². The summed E-state index contributed by atoms with van der Waals surface area (Å²) < 4.78 is 11.6. The number of rotatable bonds is 10. The summed E-state index contributed by atoms with van der Waals surface area (Å²) in [7, 11) is 0. The van der Waals surface area contributed by atoms with Crippen molar-refractivity contribution < 1.29 is 19.1 Å². The number of amides is 1. The average Bonchev–Trinajstić information content (AvgIpc) is 3.55. The second-order valence-electron chi connectivity index (χ2n) is 8.98. The number of ketones is 1. The Bertz CT molecular complexity index is 773. The number of Topliss-reactive ketones (excluding diaryl/α,β-unsaturated/α-hetero) is 1. The fourth-order valence-electron chi connectivity index (χ4n) is 5.40. The van der Waals surface area contributed by atoms with Crippen LogP contribution in [-0.2, 0) is 31.9 Å². The number of carbonyl (C=O) groups is 2. The number of likely N-dealkylation sites (tertiary alicyclic amines) is 1. The minimum Gasteiger partial charge on any atom is -0.351 e. The van der Waals surface area contributed by atoms with Crippen LogP contribution in [0.1, 0.15) is 50.7 Å². The lowest BCUT2D eigenvalue weighted by atomic mass is 9.96. The molecule has 1 aliphatic carbocycles. The first-order valence-electron chi connectivity index (χ1n) is 12.1. The van der Waals surface area contributed by atoms with Crippen molar-refractivity contribution in [1.82, 2.24) is 10.2 Å². The van der Waals surface area contributed by atoms with Gasteiger partial charge in [-0.3, -0.25) is 14.9 Å². The molecule has 6 nitrogen and oxygen atoms in total. The second-order valence-corrected chi connectivity index (χ2v) is 10.1. The molecule has 4 rings (SSSR count). The summed E-state index contributed by atoms with van der Waals surface area (Å²) >= 11 is 1.58. The molecular formula is C25H36N2O4S. The molecule has 3 atom stereocenters. The molecule has 32 heavy (non-hydrogen) atoms. The van der Waals surface area contributed by atoms with Gasteiger partial charge in [0, 0.05) is 32.1 Å². The Hall–Kier alpha value is -1.41. The number of benzene rings is 1. The van der Waals surface area contributed by atoms with Crippen LogP contribution in [0.25, 0.3) is 0 Å². The van der Waals surface area contributed by atoms with E-state index in [9.17, 15) is 9.59 Å². The third-order valence-corrected chi connectivity index (χ3v) is 8.17. The molecule has 3 aliphatic rings. The van der Waals surface area contributed by atoms with Gasteiger partial charge in [0.2, 0.25) is 5.91 Å². The Morgan fingerprint density at radius 2 is 1.84 bits per heavy atom. The smallest absolute Gasteiger partial charge is 0.241 e. The van der Waals surface area contributed by atoms with Gasteiger partial charge in [-0.25, -0.2) is 0 Å². The van der Waals surface area contributed by atoms with E-state index in [2.05, 4.69) is 29.6 Å². The zero-order valence-electron chi connectivity index (χ0n) is 19.3. The highest BCUT2D eigenvalue weighted by Crippen LogP contribution is 2.32. The fourth-order valence-corrected chi connectivity index (χ4v) is 6.56. The zero-order chi connectivity index (χ0) is 22.5. The molecule has 2 heterocycles. The van der Waals surface area contributed by atoms with Crippen LogP contribution in [0, 0.1) is 5.92 Å². The van der Waals surface area contributed by atoms with Gasteiger partial charge in [0.1, 0.15) is 11.8 Å². The molecule has 7 heteroatoms. The molecule has 1 N–H and O–H groups in total. The summed E-state index contributed by atoms with van der Waals surface area (Å²) in [6, 6.07) is 8.06. The molecule has 1 aromatic carbocycles. The minimum absolute atomic E-state index is 0.0218. The Morgan fingerprint density at radius 1 is 1.16 bits per heavy atom. The molecule has 2 fully saturated rings. The molecule has 0 radical (unpaired) electrons. The monoisotopic (exact) mass is 460 g/mol. The highest BCUT2D eigenvalue weighted by molar-refractivity contribution is 8.00. The van der Waals surface area contributed by atoms with Crippen LogP contribution in [0.4, 0.5) is 0 Å². The molecule has 0 bridgehead atoms. The van der Waals surface area contributed by atoms with Crippen LogP contribution in [0.3, 0.4) is 0 Å². The van der Waals surface area contributed by atoms with Crippen LogP contribution in [0.15, 0.2) is 24.3 Å². The van der Waals surface area contributed by atoms with Gasteiger partial charge in [0.15, 0.2) is 6.29 Å². The SMILES string of the molecule is CCOC(OCC)[C@@H]1CCCN1C(=O)[C@H]1NCSC1C(=O)CCC1Cc2ccccc2C1. The Labute approximate surface area is 195 Å². The van der Waals surface area contributed by atoms with E-state index in [4.69, 9.17) is 9.47 Å². The summed E-state index contributed by atoms with van der Waals surface area (Å²) in [6.45, 7) is 5.68. The van der Waals surface area contributed by atoms with Crippen molar-refractivity contribution in [3.63, 3.8) is 0 Å². The first-order chi connectivity index (χ1) is 15.6. The van der Waals surface area contributed by atoms with Crippen molar-refractivity contribution in [2.24, 2.45) is 5.92 Å². The van der Waals surface area contributed by atoms with Crippen LogP contribution in [-0.4, -0.2) is 65.8 Å². The van der Waals surface area contributed by atoms with Crippen LogP contribution in [0.5, 0.6) is 0 Å². The van der Waals surface area contributed by atoms with Crippen molar-refractivity contribution in [3.8, 4) is 0 Å². The van der Waals surface area contributed by atoms with Gasteiger partial charge < -0.3 is 14.4 Å². The van der Waals surface area contributed by atoms with Gasteiger partial charge in [-0.2, -0.15) is 0 Å². The number of hydrogen-bond donors (Lipinski definition) is 1.